The number of hydrogen-bond acceptors (Lipinski definition) is 5. The topological polar surface area (TPSA) is 95.9 Å². The number of ether oxygens (including phenoxy) is 1. The van der Waals surface area contributed by atoms with Crippen molar-refractivity contribution in [1.82, 2.24) is 5.32 Å². The summed E-state index contributed by atoms with van der Waals surface area (Å²) in [6.07, 6.45) is 72.0. The molecule has 0 bridgehead atoms. The predicted octanol–water partition coefficient (Wildman–Crippen LogP) is 19.4. The van der Waals surface area contributed by atoms with Gasteiger partial charge in [0.1, 0.15) is 0 Å². The van der Waals surface area contributed by atoms with E-state index in [1.807, 2.05) is 0 Å². The van der Waals surface area contributed by atoms with E-state index < -0.39 is 12.1 Å². The molecular formula is C63H121NO5. The SMILES string of the molecule is CCCCCCCCCCCCCCC(O)C(CO)NC(=O)CCCCCCCCCCCCCCC/C=C\C/C=C\CCCCCCCCCCCOC(=O)CCCCCCCCCCCCC. The highest BCUT2D eigenvalue weighted by Gasteiger charge is 2.20. The fourth-order valence-corrected chi connectivity index (χ4v) is 9.73. The number of carbonyl (C=O) groups excluding carboxylic acids is 2. The first-order chi connectivity index (χ1) is 34.0. The summed E-state index contributed by atoms with van der Waals surface area (Å²) in [4.78, 5) is 24.4. The van der Waals surface area contributed by atoms with Gasteiger partial charge < -0.3 is 20.3 Å². The predicted molar refractivity (Wildman–Crippen MR) is 301 cm³/mol. The Labute approximate surface area is 431 Å². The molecule has 0 saturated heterocycles. The number of carbonyl (C=O) groups is 2. The number of aliphatic hydroxyl groups excluding tert-OH is 2. The minimum atomic E-state index is -0.663. The molecule has 0 aromatic heterocycles. The second kappa shape index (κ2) is 58.9. The van der Waals surface area contributed by atoms with Crippen LogP contribution in [0, 0.1) is 0 Å². The third-order valence-corrected chi connectivity index (χ3v) is 14.5. The molecule has 2 unspecified atom stereocenters. The minimum absolute atomic E-state index is 0.0119. The van der Waals surface area contributed by atoms with Gasteiger partial charge in [0.05, 0.1) is 25.4 Å². The van der Waals surface area contributed by atoms with Crippen molar-refractivity contribution in [2.75, 3.05) is 13.2 Å². The van der Waals surface area contributed by atoms with Crippen LogP contribution in [-0.4, -0.2) is 47.4 Å². The number of unbranched alkanes of at least 4 members (excludes halogenated alkanes) is 43. The Kier molecular flexibility index (Phi) is 57.5. The van der Waals surface area contributed by atoms with E-state index in [2.05, 4.69) is 43.5 Å². The molecule has 0 rings (SSSR count). The first kappa shape index (κ1) is 67.3. The number of hydrogen-bond donors (Lipinski definition) is 3. The van der Waals surface area contributed by atoms with Crippen molar-refractivity contribution in [3.63, 3.8) is 0 Å². The average molecular weight is 973 g/mol. The average Bonchev–Trinajstić information content (AvgIpc) is 3.35. The van der Waals surface area contributed by atoms with Gasteiger partial charge in [-0.15, -0.1) is 0 Å². The maximum absolute atomic E-state index is 12.5. The fraction of sp³-hybridized carbons (Fsp3) is 0.905. The van der Waals surface area contributed by atoms with E-state index >= 15 is 0 Å². The molecule has 0 aliphatic rings. The number of rotatable bonds is 58. The van der Waals surface area contributed by atoms with Crippen molar-refractivity contribution < 1.29 is 24.5 Å². The molecule has 3 N–H and O–H groups in total. The second-order valence-electron chi connectivity index (χ2n) is 21.4. The fourth-order valence-electron chi connectivity index (χ4n) is 9.73. The van der Waals surface area contributed by atoms with Crippen LogP contribution >= 0.6 is 0 Å². The highest BCUT2D eigenvalue weighted by Crippen LogP contribution is 2.17. The normalized spacial score (nSPS) is 12.7. The lowest BCUT2D eigenvalue weighted by Gasteiger charge is -2.22. The summed E-state index contributed by atoms with van der Waals surface area (Å²) in [5.41, 5.74) is 0. The van der Waals surface area contributed by atoms with Gasteiger partial charge in [-0.2, -0.15) is 0 Å². The Morgan fingerprint density at radius 3 is 1.10 bits per heavy atom. The van der Waals surface area contributed by atoms with E-state index in [0.29, 0.717) is 25.9 Å². The smallest absolute Gasteiger partial charge is 0.305 e. The summed E-state index contributed by atoms with van der Waals surface area (Å²) in [7, 11) is 0. The van der Waals surface area contributed by atoms with Crippen LogP contribution in [0.4, 0.5) is 0 Å². The summed E-state index contributed by atoms with van der Waals surface area (Å²) in [5.74, 6) is -0.0234. The van der Waals surface area contributed by atoms with Crippen LogP contribution in [0.25, 0.3) is 0 Å². The molecule has 1 amide bonds. The Hall–Kier alpha value is -1.66. The van der Waals surface area contributed by atoms with Crippen LogP contribution in [0.5, 0.6) is 0 Å². The molecule has 408 valence electrons. The van der Waals surface area contributed by atoms with Gasteiger partial charge in [-0.3, -0.25) is 9.59 Å². The molecular weight excluding hydrogens is 851 g/mol. The molecule has 0 saturated carbocycles. The Morgan fingerprint density at radius 2 is 0.725 bits per heavy atom. The van der Waals surface area contributed by atoms with Gasteiger partial charge in [0.25, 0.3) is 0 Å². The molecule has 0 aliphatic heterocycles. The molecule has 0 aliphatic carbocycles. The number of nitrogens with one attached hydrogen (secondary N) is 1. The van der Waals surface area contributed by atoms with Gasteiger partial charge in [0.15, 0.2) is 0 Å². The van der Waals surface area contributed by atoms with Crippen molar-refractivity contribution in [3.8, 4) is 0 Å². The highest BCUT2D eigenvalue weighted by molar-refractivity contribution is 5.76. The summed E-state index contributed by atoms with van der Waals surface area (Å²) in [5, 5.41) is 23.2. The number of esters is 1. The molecule has 0 fully saturated rings. The second-order valence-corrected chi connectivity index (χ2v) is 21.4. The Bertz CT molecular complexity index is 1080. The van der Waals surface area contributed by atoms with Gasteiger partial charge >= 0.3 is 5.97 Å². The van der Waals surface area contributed by atoms with Gasteiger partial charge in [-0.1, -0.05) is 295 Å². The van der Waals surface area contributed by atoms with E-state index in [-0.39, 0.29) is 18.5 Å². The lowest BCUT2D eigenvalue weighted by Crippen LogP contribution is -2.45. The van der Waals surface area contributed by atoms with Crippen LogP contribution in [-0.2, 0) is 14.3 Å². The molecule has 6 heteroatoms. The Balaban J connectivity index is 3.39. The van der Waals surface area contributed by atoms with Crippen LogP contribution in [0.15, 0.2) is 24.3 Å². The maximum Gasteiger partial charge on any atom is 0.305 e. The van der Waals surface area contributed by atoms with Crippen LogP contribution < -0.4 is 5.32 Å². The largest absolute Gasteiger partial charge is 0.466 e. The lowest BCUT2D eigenvalue weighted by molar-refractivity contribution is -0.143. The first-order valence-corrected chi connectivity index (χ1v) is 31.1. The minimum Gasteiger partial charge on any atom is -0.466 e. The molecule has 2 atom stereocenters. The van der Waals surface area contributed by atoms with Gasteiger partial charge in [0, 0.05) is 12.8 Å². The zero-order chi connectivity index (χ0) is 50.0. The summed E-state index contributed by atoms with van der Waals surface area (Å²) in [6, 6.07) is -0.541. The molecule has 0 aromatic rings. The van der Waals surface area contributed by atoms with Gasteiger partial charge in [0.2, 0.25) is 5.91 Å². The van der Waals surface area contributed by atoms with E-state index in [4.69, 9.17) is 4.74 Å². The Morgan fingerprint density at radius 1 is 0.406 bits per heavy atom. The number of allylic oxidation sites excluding steroid dienone is 4. The number of aliphatic hydroxyl groups is 2. The van der Waals surface area contributed by atoms with Crippen molar-refractivity contribution in [3.05, 3.63) is 24.3 Å². The highest BCUT2D eigenvalue weighted by atomic mass is 16.5. The third kappa shape index (κ3) is 55.5. The van der Waals surface area contributed by atoms with E-state index in [0.717, 1.165) is 44.9 Å². The zero-order valence-corrected chi connectivity index (χ0v) is 46.6. The lowest BCUT2D eigenvalue weighted by atomic mass is 10.0. The van der Waals surface area contributed by atoms with Crippen LogP contribution in [0.3, 0.4) is 0 Å². The van der Waals surface area contributed by atoms with Crippen molar-refractivity contribution in [1.29, 1.82) is 0 Å². The maximum atomic E-state index is 12.5. The van der Waals surface area contributed by atoms with Crippen molar-refractivity contribution in [2.24, 2.45) is 0 Å². The molecule has 0 heterocycles. The molecule has 0 radical (unpaired) electrons. The summed E-state index contributed by atoms with van der Waals surface area (Å²) < 4.78 is 5.46. The van der Waals surface area contributed by atoms with Gasteiger partial charge in [-0.05, 0) is 57.8 Å². The zero-order valence-electron chi connectivity index (χ0n) is 46.6. The summed E-state index contributed by atoms with van der Waals surface area (Å²) >= 11 is 0. The van der Waals surface area contributed by atoms with Gasteiger partial charge in [-0.25, -0.2) is 0 Å². The van der Waals surface area contributed by atoms with E-state index in [9.17, 15) is 19.8 Å². The molecule has 6 nitrogen and oxygen atoms in total. The summed E-state index contributed by atoms with van der Waals surface area (Å²) in [6.45, 7) is 4.96. The van der Waals surface area contributed by atoms with E-state index in [1.54, 1.807) is 0 Å². The monoisotopic (exact) mass is 972 g/mol. The van der Waals surface area contributed by atoms with Crippen molar-refractivity contribution >= 4 is 11.9 Å². The third-order valence-electron chi connectivity index (χ3n) is 14.5. The first-order valence-electron chi connectivity index (χ1n) is 31.1. The standard InChI is InChI=1S/C63H121NO5/c1-3-5-7-9-11-13-15-36-39-43-47-51-55-61(66)60(59-65)64-62(67)56-52-48-44-40-37-33-31-29-27-25-23-21-19-17-16-18-20-22-24-26-28-30-32-34-38-42-46-50-54-58-69-63(68)57-53-49-45-41-35-14-12-10-8-6-4-2/h16,18,22,24,60-61,65-66H,3-15,17,19-21,23,25-59H2,1-2H3,(H,64,67)/b18-16-,24-22-. The van der Waals surface area contributed by atoms with Crippen LogP contribution in [0.1, 0.15) is 341 Å². The quantitative estimate of drug-likeness (QED) is 0.0321. The number of amides is 1. The van der Waals surface area contributed by atoms with Crippen LogP contribution in [0.2, 0.25) is 0 Å². The van der Waals surface area contributed by atoms with Crippen molar-refractivity contribution in [2.45, 2.75) is 353 Å². The molecule has 0 spiro atoms. The van der Waals surface area contributed by atoms with E-state index in [1.165, 1.54) is 263 Å². The molecule has 69 heavy (non-hydrogen) atoms. The molecule has 0 aromatic carbocycles.